The third kappa shape index (κ3) is 2.67. The van der Waals surface area contributed by atoms with Gasteiger partial charge in [0, 0.05) is 18.5 Å². The minimum atomic E-state index is -2.57. The number of benzene rings is 1. The summed E-state index contributed by atoms with van der Waals surface area (Å²) in [4.78, 5) is 40.7. The monoisotopic (exact) mass is 442 g/mol. The van der Waals surface area contributed by atoms with Crippen molar-refractivity contribution in [2.45, 2.75) is 31.4 Å². The molecule has 0 bridgehead atoms. The summed E-state index contributed by atoms with van der Waals surface area (Å²) in [6.45, 7) is 1.83. The number of Topliss-reactive ketones (excluding diaryl/α,β-unsaturated/α-hetero) is 2. The van der Waals surface area contributed by atoms with Crippen LogP contribution in [-0.4, -0.2) is 75.6 Å². The first-order chi connectivity index (χ1) is 15.0. The molecule has 0 unspecified atom stereocenters. The third-order valence-electron chi connectivity index (χ3n) is 7.05. The van der Waals surface area contributed by atoms with Crippen LogP contribution in [0.5, 0.6) is 5.75 Å². The van der Waals surface area contributed by atoms with Crippen molar-refractivity contribution < 1.29 is 34.8 Å². The Hall–Kier alpha value is -3.17. The number of aliphatic hydroxyl groups is 3. The molecule has 1 saturated carbocycles. The van der Waals surface area contributed by atoms with Gasteiger partial charge in [-0.1, -0.05) is 6.07 Å². The molecule has 0 aliphatic heterocycles. The first-order valence-electron chi connectivity index (χ1n) is 10.3. The van der Waals surface area contributed by atoms with Crippen LogP contribution in [0, 0.1) is 18.8 Å². The number of phenols is 1. The van der Waals surface area contributed by atoms with E-state index in [1.807, 2.05) is 6.92 Å². The van der Waals surface area contributed by atoms with E-state index >= 15 is 0 Å². The van der Waals surface area contributed by atoms with Gasteiger partial charge in [0.25, 0.3) is 5.91 Å². The van der Waals surface area contributed by atoms with E-state index in [1.54, 1.807) is 20.2 Å². The van der Waals surface area contributed by atoms with Gasteiger partial charge < -0.3 is 25.7 Å². The number of aryl methyl sites for hydroxylation is 1. The van der Waals surface area contributed by atoms with E-state index in [2.05, 4.69) is 5.32 Å². The highest BCUT2D eigenvalue weighted by Gasteiger charge is 2.64. The van der Waals surface area contributed by atoms with Gasteiger partial charge in [-0.05, 0) is 57.0 Å². The Morgan fingerprint density at radius 3 is 2.44 bits per heavy atom. The van der Waals surface area contributed by atoms with E-state index in [-0.39, 0.29) is 23.3 Å². The summed E-state index contributed by atoms with van der Waals surface area (Å²) >= 11 is 0. The number of carbonyl (C=O) groups is 3. The van der Waals surface area contributed by atoms with Crippen LogP contribution in [0.4, 0.5) is 0 Å². The minimum Gasteiger partial charge on any atom is -0.508 e. The first kappa shape index (κ1) is 22.0. The van der Waals surface area contributed by atoms with Crippen LogP contribution in [0.1, 0.15) is 23.1 Å². The molecule has 0 saturated heterocycles. The molecule has 3 aliphatic rings. The quantitative estimate of drug-likeness (QED) is 0.417. The number of hydrogen-bond donors (Lipinski definition) is 5. The Morgan fingerprint density at radius 1 is 1.19 bits per heavy atom. The lowest BCUT2D eigenvalue weighted by Crippen LogP contribution is -2.65. The maximum absolute atomic E-state index is 13.7. The molecular weight excluding hydrogens is 416 g/mol. The highest BCUT2D eigenvalue weighted by molar-refractivity contribution is 6.24. The summed E-state index contributed by atoms with van der Waals surface area (Å²) in [5, 5.41) is 46.1. The second kappa shape index (κ2) is 7.18. The molecule has 1 aromatic rings. The lowest BCUT2D eigenvalue weighted by molar-refractivity contribution is -0.153. The van der Waals surface area contributed by atoms with Gasteiger partial charge in [-0.2, -0.15) is 0 Å². The number of likely N-dealkylation sites (N-methyl/N-ethyl adjacent to an activating group) is 2. The van der Waals surface area contributed by atoms with Crippen molar-refractivity contribution >= 4 is 23.2 Å². The second-order valence-electron chi connectivity index (χ2n) is 8.93. The number of nitrogens with zero attached hydrogens (tertiary/aromatic N) is 1. The van der Waals surface area contributed by atoms with Crippen molar-refractivity contribution in [3.05, 3.63) is 45.7 Å². The van der Waals surface area contributed by atoms with Crippen LogP contribution in [0.3, 0.4) is 0 Å². The van der Waals surface area contributed by atoms with Crippen molar-refractivity contribution in [2.75, 3.05) is 21.1 Å². The molecule has 5 N–H and O–H groups in total. The van der Waals surface area contributed by atoms with E-state index in [0.29, 0.717) is 12.0 Å². The smallest absolute Gasteiger partial charge is 0.258 e. The molecule has 32 heavy (non-hydrogen) atoms. The number of ketones is 2. The van der Waals surface area contributed by atoms with E-state index < -0.39 is 58.0 Å². The highest BCUT2D eigenvalue weighted by atomic mass is 16.3. The van der Waals surface area contributed by atoms with Crippen molar-refractivity contribution in [1.82, 2.24) is 10.2 Å². The zero-order valence-corrected chi connectivity index (χ0v) is 18.3. The van der Waals surface area contributed by atoms with Gasteiger partial charge in [0.05, 0.1) is 11.6 Å². The van der Waals surface area contributed by atoms with E-state index in [1.165, 1.54) is 18.0 Å². The number of carbonyl (C=O) groups excluding carboxylic acids is 3. The summed E-state index contributed by atoms with van der Waals surface area (Å²) < 4.78 is 0. The number of rotatable bonds is 2. The number of hydrogen-bond acceptors (Lipinski definition) is 8. The summed E-state index contributed by atoms with van der Waals surface area (Å²) in [6, 6.07) is 2.09. The number of nitrogens with one attached hydrogen (secondary N) is 1. The van der Waals surface area contributed by atoms with Crippen LogP contribution in [-0.2, 0) is 20.8 Å². The fraction of sp³-hybridized carbons (Fsp3) is 0.435. The zero-order chi connectivity index (χ0) is 23.7. The number of fused-ring (bicyclic) bond motifs is 3. The molecule has 0 heterocycles. The maximum atomic E-state index is 13.7. The van der Waals surface area contributed by atoms with Gasteiger partial charge in [0.1, 0.15) is 22.8 Å². The molecule has 170 valence electrons. The summed E-state index contributed by atoms with van der Waals surface area (Å²) in [5.41, 5.74) is -1.73. The standard InChI is InChI=1S/C23H26N2O7/c1-9-5-6-13(26)15-11(9)7-10-8-12-17(25(3)4)19(28)16(22(31)24-2)21(30)23(12,32)20(29)14(10)18(15)27/h5-6,10,12,17,26-27,30,32H,7-8H2,1-4H3,(H,24,31)/t10-,12-,17-,23-/m1/s1. The Morgan fingerprint density at radius 2 is 1.84 bits per heavy atom. The molecule has 9 heteroatoms. The summed E-state index contributed by atoms with van der Waals surface area (Å²) in [5.74, 6) is -5.81. The van der Waals surface area contributed by atoms with Gasteiger partial charge in [0.15, 0.2) is 11.4 Å². The fourth-order valence-electron chi connectivity index (χ4n) is 5.51. The molecule has 4 rings (SSSR count). The van der Waals surface area contributed by atoms with E-state index in [9.17, 15) is 34.8 Å². The molecule has 3 aliphatic carbocycles. The zero-order valence-electron chi connectivity index (χ0n) is 18.3. The van der Waals surface area contributed by atoms with Crippen LogP contribution in [0.25, 0.3) is 5.76 Å². The fourth-order valence-corrected chi connectivity index (χ4v) is 5.51. The van der Waals surface area contributed by atoms with Crippen LogP contribution in [0.15, 0.2) is 29.0 Å². The lowest BCUT2D eigenvalue weighted by atomic mass is 9.57. The molecule has 9 nitrogen and oxygen atoms in total. The molecule has 0 aromatic heterocycles. The average molecular weight is 442 g/mol. The number of phenolic OH excluding ortho intramolecular Hbond substituents is 1. The van der Waals surface area contributed by atoms with Crippen molar-refractivity contribution in [3.63, 3.8) is 0 Å². The number of aromatic hydroxyl groups is 1. The Kier molecular flexibility index (Phi) is 4.94. The predicted octanol–water partition coefficient (Wildman–Crippen LogP) is 0.533. The highest BCUT2D eigenvalue weighted by Crippen LogP contribution is 2.52. The molecule has 0 radical (unpaired) electrons. The predicted molar refractivity (Wildman–Crippen MR) is 114 cm³/mol. The average Bonchev–Trinajstić information content (AvgIpc) is 2.73. The topological polar surface area (TPSA) is 147 Å². The van der Waals surface area contributed by atoms with Crippen molar-refractivity contribution in [1.29, 1.82) is 0 Å². The van der Waals surface area contributed by atoms with Gasteiger partial charge in [-0.15, -0.1) is 0 Å². The van der Waals surface area contributed by atoms with Gasteiger partial charge in [0.2, 0.25) is 5.78 Å². The summed E-state index contributed by atoms with van der Waals surface area (Å²) in [6.07, 6.45) is 0.421. The van der Waals surface area contributed by atoms with Gasteiger partial charge in [-0.3, -0.25) is 19.3 Å². The molecule has 4 atom stereocenters. The van der Waals surface area contributed by atoms with Crippen LogP contribution >= 0.6 is 0 Å². The third-order valence-corrected chi connectivity index (χ3v) is 7.05. The number of amides is 1. The molecular formula is C23H26N2O7. The van der Waals surface area contributed by atoms with Crippen molar-refractivity contribution in [2.24, 2.45) is 11.8 Å². The van der Waals surface area contributed by atoms with Crippen LogP contribution in [0.2, 0.25) is 0 Å². The minimum absolute atomic E-state index is 0.107. The second-order valence-corrected chi connectivity index (χ2v) is 8.93. The number of aliphatic hydroxyl groups excluding tert-OH is 2. The molecule has 1 fully saturated rings. The Labute approximate surface area is 184 Å². The van der Waals surface area contributed by atoms with E-state index in [4.69, 9.17) is 0 Å². The molecule has 0 spiro atoms. The first-order valence-corrected chi connectivity index (χ1v) is 10.3. The molecule has 1 aromatic carbocycles. The Bertz CT molecular complexity index is 1130. The van der Waals surface area contributed by atoms with Gasteiger partial charge >= 0.3 is 0 Å². The van der Waals surface area contributed by atoms with Gasteiger partial charge in [-0.25, -0.2) is 0 Å². The largest absolute Gasteiger partial charge is 0.508 e. The SMILES string of the molecule is CNC(=O)C1=C(O)[C@]2(O)C(=O)C3=C(O)c4c(O)ccc(C)c4C[C@@H]3C[C@@H]2[C@@H](N(C)C)C1=O. The maximum Gasteiger partial charge on any atom is 0.258 e. The lowest BCUT2D eigenvalue weighted by Gasteiger charge is -2.50. The van der Waals surface area contributed by atoms with Crippen molar-refractivity contribution in [3.8, 4) is 5.75 Å². The summed E-state index contributed by atoms with van der Waals surface area (Å²) in [7, 11) is 4.46. The van der Waals surface area contributed by atoms with Crippen LogP contribution < -0.4 is 5.32 Å². The normalized spacial score (nSPS) is 29.6. The Balaban J connectivity index is 1.99. The molecule has 1 amide bonds. The van der Waals surface area contributed by atoms with E-state index in [0.717, 1.165) is 5.56 Å².